The van der Waals surface area contributed by atoms with Crippen molar-refractivity contribution in [3.05, 3.63) is 71.3 Å². The predicted octanol–water partition coefficient (Wildman–Crippen LogP) is 2.71. The molecule has 1 heterocycles. The van der Waals surface area contributed by atoms with Gasteiger partial charge in [-0.05, 0) is 48.7 Å². The number of hydrogen-bond donors (Lipinski definition) is 1. The molecule has 1 unspecified atom stereocenters. The highest BCUT2D eigenvalue weighted by Gasteiger charge is 2.29. The molecule has 1 aliphatic rings. The Hall–Kier alpha value is -2.46. The van der Waals surface area contributed by atoms with Gasteiger partial charge in [0.2, 0.25) is 10.0 Å². The van der Waals surface area contributed by atoms with Crippen molar-refractivity contribution in [2.24, 2.45) is 0 Å². The van der Waals surface area contributed by atoms with Crippen LogP contribution in [-0.2, 0) is 10.0 Å². The summed E-state index contributed by atoms with van der Waals surface area (Å²) >= 11 is 0. The molecule has 2 aromatic rings. The molecule has 2 aromatic carbocycles. The number of hydrogen-bond acceptors (Lipinski definition) is 4. The van der Waals surface area contributed by atoms with E-state index in [4.69, 9.17) is 5.26 Å². The molecule has 134 valence electrons. The minimum Gasteiger partial charge on any atom is -0.391 e. The molecule has 5 nitrogen and oxygen atoms in total. The lowest BCUT2D eigenvalue weighted by Crippen LogP contribution is -2.37. The molecule has 0 saturated carbocycles. The number of benzene rings is 2. The summed E-state index contributed by atoms with van der Waals surface area (Å²) in [6.07, 6.45) is 1.45. The van der Waals surface area contributed by atoms with Gasteiger partial charge in [0.1, 0.15) is 0 Å². The minimum absolute atomic E-state index is 0.0359. The molecule has 1 N–H and O–H groups in total. The summed E-state index contributed by atoms with van der Waals surface area (Å²) in [5.41, 5.74) is 3.08. The monoisotopic (exact) mass is 368 g/mol. The summed E-state index contributed by atoms with van der Waals surface area (Å²) in [5.74, 6) is 0. The van der Waals surface area contributed by atoms with E-state index >= 15 is 0 Å². The van der Waals surface area contributed by atoms with Gasteiger partial charge >= 0.3 is 0 Å². The molecule has 0 aromatic heterocycles. The van der Waals surface area contributed by atoms with E-state index in [9.17, 15) is 13.5 Å². The van der Waals surface area contributed by atoms with E-state index in [-0.39, 0.29) is 18.0 Å². The lowest BCUT2D eigenvalue weighted by Gasteiger charge is -2.23. The Morgan fingerprint density at radius 2 is 1.92 bits per heavy atom. The Morgan fingerprint density at radius 3 is 2.62 bits per heavy atom. The van der Waals surface area contributed by atoms with Crippen molar-refractivity contribution >= 4 is 15.6 Å². The van der Waals surface area contributed by atoms with Crippen LogP contribution in [0, 0.1) is 18.3 Å². The Bertz CT molecular complexity index is 973. The van der Waals surface area contributed by atoms with Gasteiger partial charge in [-0.3, -0.25) is 0 Å². The van der Waals surface area contributed by atoms with E-state index in [2.05, 4.69) is 6.07 Å². The summed E-state index contributed by atoms with van der Waals surface area (Å²) in [6.45, 7) is 2.09. The van der Waals surface area contributed by atoms with Crippen molar-refractivity contribution in [3.63, 3.8) is 0 Å². The molecule has 0 amide bonds. The third kappa shape index (κ3) is 3.86. The largest absolute Gasteiger partial charge is 0.391 e. The fraction of sp³-hybridized carbons (Fsp3) is 0.250. The van der Waals surface area contributed by atoms with Crippen LogP contribution in [0.4, 0.5) is 0 Å². The molecule has 0 fully saturated rings. The number of nitrogens with zero attached hydrogens (tertiary/aromatic N) is 2. The molecule has 1 atom stereocenters. The van der Waals surface area contributed by atoms with Crippen LogP contribution in [0.3, 0.4) is 0 Å². The van der Waals surface area contributed by atoms with Gasteiger partial charge in [0.05, 0.1) is 22.6 Å². The van der Waals surface area contributed by atoms with E-state index in [1.54, 1.807) is 42.5 Å². The lowest BCUT2D eigenvalue weighted by atomic mass is 10.0. The summed E-state index contributed by atoms with van der Waals surface area (Å²) in [6, 6.07) is 15.8. The number of aliphatic hydroxyl groups is 1. The van der Waals surface area contributed by atoms with Crippen molar-refractivity contribution in [2.45, 2.75) is 24.3 Å². The van der Waals surface area contributed by atoms with Gasteiger partial charge in [0, 0.05) is 13.1 Å². The van der Waals surface area contributed by atoms with Crippen LogP contribution in [-0.4, -0.2) is 37.0 Å². The lowest BCUT2D eigenvalue weighted by molar-refractivity contribution is 0.155. The van der Waals surface area contributed by atoms with E-state index in [0.717, 1.165) is 16.7 Å². The predicted molar refractivity (Wildman–Crippen MR) is 99.7 cm³/mol. The molecule has 3 rings (SSSR count). The highest BCUT2D eigenvalue weighted by atomic mass is 32.2. The quantitative estimate of drug-likeness (QED) is 0.903. The Morgan fingerprint density at radius 1 is 1.19 bits per heavy atom. The Kier molecular flexibility index (Phi) is 5.23. The number of β-amino-alcohol motifs (C(OH)–C–C–N with tert-alkyl or cyclic N) is 1. The minimum atomic E-state index is -3.72. The molecule has 0 spiro atoms. The smallest absolute Gasteiger partial charge is 0.243 e. The first kappa shape index (κ1) is 18.3. The molecule has 0 bridgehead atoms. The summed E-state index contributed by atoms with van der Waals surface area (Å²) in [4.78, 5) is 0.210. The van der Waals surface area contributed by atoms with E-state index < -0.39 is 16.1 Å². The van der Waals surface area contributed by atoms with Crippen LogP contribution in [0.5, 0.6) is 0 Å². The fourth-order valence-electron chi connectivity index (χ4n) is 2.95. The third-order valence-corrected chi connectivity index (χ3v) is 6.24. The van der Waals surface area contributed by atoms with Gasteiger partial charge in [0.25, 0.3) is 0 Å². The first-order valence-corrected chi connectivity index (χ1v) is 9.78. The second-order valence-corrected chi connectivity index (χ2v) is 8.36. The van der Waals surface area contributed by atoms with E-state index in [0.29, 0.717) is 12.0 Å². The third-order valence-electron chi connectivity index (χ3n) is 4.42. The van der Waals surface area contributed by atoms with E-state index in [1.165, 1.54) is 4.31 Å². The highest BCUT2D eigenvalue weighted by Crippen LogP contribution is 2.26. The van der Waals surface area contributed by atoms with Crippen molar-refractivity contribution < 1.29 is 13.5 Å². The molecule has 6 heteroatoms. The van der Waals surface area contributed by atoms with Crippen LogP contribution in [0.2, 0.25) is 0 Å². The van der Waals surface area contributed by atoms with Crippen molar-refractivity contribution in [1.82, 2.24) is 4.31 Å². The average Bonchev–Trinajstić information content (AvgIpc) is 2.84. The van der Waals surface area contributed by atoms with Crippen LogP contribution < -0.4 is 0 Å². The van der Waals surface area contributed by atoms with Gasteiger partial charge < -0.3 is 5.11 Å². The molecule has 0 aliphatic carbocycles. The second kappa shape index (κ2) is 7.42. The van der Waals surface area contributed by atoms with Gasteiger partial charge in [-0.25, -0.2) is 8.42 Å². The zero-order chi connectivity index (χ0) is 18.7. The number of sulfonamides is 1. The molecule has 1 aliphatic heterocycles. The number of rotatable bonds is 3. The zero-order valence-electron chi connectivity index (χ0n) is 14.5. The maximum Gasteiger partial charge on any atom is 0.243 e. The zero-order valence-corrected chi connectivity index (χ0v) is 15.3. The normalized spacial score (nSPS) is 18.7. The Labute approximate surface area is 153 Å². The standard InChI is InChI=1S/C20H20N2O3S/c1-15-5-9-20(10-6-15)26(24,25)22-13-18(7-8-19(23)14-22)17-4-2-3-16(11-17)12-21/h2-7,9-11,19,23H,8,13-14H2,1H3. The average molecular weight is 368 g/mol. The first-order chi connectivity index (χ1) is 12.4. The van der Waals surface area contributed by atoms with Crippen molar-refractivity contribution in [3.8, 4) is 6.07 Å². The van der Waals surface area contributed by atoms with Gasteiger partial charge in [-0.15, -0.1) is 0 Å². The summed E-state index contributed by atoms with van der Waals surface area (Å²) < 4.78 is 27.4. The van der Waals surface area contributed by atoms with Gasteiger partial charge in [-0.1, -0.05) is 35.9 Å². The molecular formula is C20H20N2O3S. The van der Waals surface area contributed by atoms with Crippen LogP contribution in [0.1, 0.15) is 23.1 Å². The van der Waals surface area contributed by atoms with Crippen molar-refractivity contribution in [2.75, 3.05) is 13.1 Å². The van der Waals surface area contributed by atoms with Gasteiger partial charge in [-0.2, -0.15) is 9.57 Å². The SMILES string of the molecule is Cc1ccc(S(=O)(=O)N2CC(c3cccc(C#N)c3)=CCC(O)C2)cc1. The van der Waals surface area contributed by atoms with Gasteiger partial charge in [0.15, 0.2) is 0 Å². The molecular weight excluding hydrogens is 348 g/mol. The summed E-state index contributed by atoms with van der Waals surface area (Å²) in [7, 11) is -3.72. The Balaban J connectivity index is 1.96. The highest BCUT2D eigenvalue weighted by molar-refractivity contribution is 7.89. The van der Waals surface area contributed by atoms with E-state index in [1.807, 2.05) is 19.1 Å². The topological polar surface area (TPSA) is 81.4 Å². The number of aliphatic hydroxyl groups excluding tert-OH is 1. The van der Waals surface area contributed by atoms with Crippen LogP contribution >= 0.6 is 0 Å². The van der Waals surface area contributed by atoms with Crippen LogP contribution in [0.25, 0.3) is 5.57 Å². The number of aryl methyl sites for hydroxylation is 1. The number of nitriles is 1. The molecule has 0 radical (unpaired) electrons. The summed E-state index contributed by atoms with van der Waals surface area (Å²) in [5, 5.41) is 19.3. The fourth-order valence-corrected chi connectivity index (χ4v) is 4.40. The first-order valence-electron chi connectivity index (χ1n) is 8.34. The maximum atomic E-state index is 13.0. The van der Waals surface area contributed by atoms with Crippen LogP contribution in [0.15, 0.2) is 59.5 Å². The maximum absolute atomic E-state index is 13.0. The molecule has 26 heavy (non-hydrogen) atoms. The second-order valence-electron chi connectivity index (χ2n) is 6.42. The van der Waals surface area contributed by atoms with Crippen molar-refractivity contribution in [1.29, 1.82) is 5.26 Å². The molecule has 0 saturated heterocycles.